The summed E-state index contributed by atoms with van der Waals surface area (Å²) in [5.74, 6) is 2.06. The molecule has 102 valence electrons. The molecule has 0 aliphatic rings. The molecule has 0 aromatic heterocycles. The molecule has 2 N–H and O–H groups in total. The maximum atomic E-state index is 12.0. The zero-order valence-corrected chi connectivity index (χ0v) is 12.7. The van der Waals surface area contributed by atoms with Crippen molar-refractivity contribution in [1.29, 1.82) is 0 Å². The van der Waals surface area contributed by atoms with Crippen LogP contribution in [0.2, 0.25) is 5.02 Å². The number of halogens is 1. The first kappa shape index (κ1) is 15.8. The lowest BCUT2D eigenvalue weighted by Crippen LogP contribution is -2.14. The van der Waals surface area contributed by atoms with Crippen molar-refractivity contribution in [3.05, 3.63) is 29.3 Å². The van der Waals surface area contributed by atoms with Gasteiger partial charge < -0.3 is 5.73 Å². The summed E-state index contributed by atoms with van der Waals surface area (Å²) < 4.78 is 24.0. The van der Waals surface area contributed by atoms with Gasteiger partial charge in [-0.05, 0) is 42.5 Å². The second kappa shape index (κ2) is 7.38. The van der Waals surface area contributed by atoms with Gasteiger partial charge in [-0.1, -0.05) is 18.5 Å². The molecule has 1 atom stereocenters. The van der Waals surface area contributed by atoms with Crippen LogP contribution in [0.4, 0.5) is 0 Å². The Morgan fingerprint density at radius 3 is 2.50 bits per heavy atom. The van der Waals surface area contributed by atoms with E-state index in [-0.39, 0.29) is 5.75 Å². The Kier molecular flexibility index (Phi) is 6.49. The van der Waals surface area contributed by atoms with Gasteiger partial charge in [0, 0.05) is 10.8 Å². The summed E-state index contributed by atoms with van der Waals surface area (Å²) in [4.78, 5) is 0.333. The van der Waals surface area contributed by atoms with E-state index in [1.54, 1.807) is 36.0 Å². The minimum atomic E-state index is -3.19. The Morgan fingerprint density at radius 1 is 1.33 bits per heavy atom. The highest BCUT2D eigenvalue weighted by Gasteiger charge is 2.14. The third kappa shape index (κ3) is 5.18. The summed E-state index contributed by atoms with van der Waals surface area (Å²) in [7, 11) is -3.19. The number of hydrogen-bond donors (Lipinski definition) is 1. The number of sulfone groups is 1. The number of rotatable bonds is 7. The van der Waals surface area contributed by atoms with Gasteiger partial charge in [0.15, 0.2) is 9.84 Å². The molecule has 0 fully saturated rings. The summed E-state index contributed by atoms with van der Waals surface area (Å²) in [6.07, 6.45) is 0. The fourth-order valence-electron chi connectivity index (χ4n) is 1.28. The Morgan fingerprint density at radius 2 is 1.94 bits per heavy atom. The molecule has 1 rings (SSSR count). The van der Waals surface area contributed by atoms with E-state index in [9.17, 15) is 8.42 Å². The van der Waals surface area contributed by atoms with Crippen LogP contribution in [0.25, 0.3) is 0 Å². The standard InChI is InChI=1S/C12H18ClNO2S2/c1-10(8-14)9-17-6-7-18(15,16)12-4-2-11(13)3-5-12/h2-5,10H,6-9,14H2,1H3. The quantitative estimate of drug-likeness (QED) is 0.786. The molecule has 3 nitrogen and oxygen atoms in total. The number of benzene rings is 1. The summed E-state index contributed by atoms with van der Waals surface area (Å²) >= 11 is 7.35. The van der Waals surface area contributed by atoms with Gasteiger partial charge in [0.25, 0.3) is 0 Å². The molecule has 0 aliphatic heterocycles. The van der Waals surface area contributed by atoms with Gasteiger partial charge in [-0.25, -0.2) is 8.42 Å². The number of hydrogen-bond acceptors (Lipinski definition) is 4. The van der Waals surface area contributed by atoms with E-state index in [2.05, 4.69) is 6.92 Å². The fourth-order valence-corrected chi connectivity index (χ4v) is 4.25. The van der Waals surface area contributed by atoms with Crippen LogP contribution >= 0.6 is 23.4 Å². The molecule has 0 amide bonds. The van der Waals surface area contributed by atoms with Crippen LogP contribution in [0.3, 0.4) is 0 Å². The Hall–Kier alpha value is -0.230. The minimum Gasteiger partial charge on any atom is -0.330 e. The average Bonchev–Trinajstić information content (AvgIpc) is 2.35. The van der Waals surface area contributed by atoms with Crippen LogP contribution < -0.4 is 5.73 Å². The molecule has 0 heterocycles. The Balaban J connectivity index is 2.48. The molecule has 6 heteroatoms. The molecule has 18 heavy (non-hydrogen) atoms. The van der Waals surface area contributed by atoms with Crippen molar-refractivity contribution in [3.8, 4) is 0 Å². The van der Waals surface area contributed by atoms with Crippen molar-refractivity contribution in [2.75, 3.05) is 23.8 Å². The van der Waals surface area contributed by atoms with Crippen molar-refractivity contribution in [1.82, 2.24) is 0 Å². The van der Waals surface area contributed by atoms with Gasteiger partial charge in [-0.3, -0.25) is 0 Å². The van der Waals surface area contributed by atoms with E-state index >= 15 is 0 Å². The molecule has 1 aromatic carbocycles. The third-order valence-electron chi connectivity index (χ3n) is 2.47. The van der Waals surface area contributed by atoms with E-state index in [0.29, 0.717) is 28.1 Å². The van der Waals surface area contributed by atoms with Crippen LogP contribution in [-0.4, -0.2) is 32.2 Å². The second-order valence-electron chi connectivity index (χ2n) is 4.19. The Labute approximate surface area is 118 Å². The van der Waals surface area contributed by atoms with E-state index in [1.165, 1.54) is 0 Å². The van der Waals surface area contributed by atoms with E-state index < -0.39 is 9.84 Å². The molecule has 0 saturated carbocycles. The molecule has 0 saturated heterocycles. The molecule has 0 bridgehead atoms. The van der Waals surface area contributed by atoms with E-state index in [1.807, 2.05) is 0 Å². The Bertz CT molecular complexity index is 459. The lowest BCUT2D eigenvalue weighted by atomic mass is 10.2. The molecular weight excluding hydrogens is 290 g/mol. The van der Waals surface area contributed by atoms with Crippen molar-refractivity contribution >= 4 is 33.2 Å². The third-order valence-corrected chi connectivity index (χ3v) is 6.01. The van der Waals surface area contributed by atoms with Gasteiger partial charge in [0.05, 0.1) is 10.6 Å². The van der Waals surface area contributed by atoms with Crippen molar-refractivity contribution < 1.29 is 8.42 Å². The fraction of sp³-hybridized carbons (Fsp3) is 0.500. The van der Waals surface area contributed by atoms with Gasteiger partial charge in [-0.15, -0.1) is 0 Å². The van der Waals surface area contributed by atoms with Crippen LogP contribution in [0, 0.1) is 5.92 Å². The van der Waals surface area contributed by atoms with Crippen molar-refractivity contribution in [2.24, 2.45) is 11.7 Å². The largest absolute Gasteiger partial charge is 0.330 e. The van der Waals surface area contributed by atoms with Crippen LogP contribution in [0.5, 0.6) is 0 Å². The lowest BCUT2D eigenvalue weighted by molar-refractivity contribution is 0.597. The monoisotopic (exact) mass is 307 g/mol. The van der Waals surface area contributed by atoms with Crippen molar-refractivity contribution in [2.45, 2.75) is 11.8 Å². The highest BCUT2D eigenvalue weighted by molar-refractivity contribution is 8.00. The summed E-state index contributed by atoms with van der Waals surface area (Å²) in [5, 5.41) is 0.542. The summed E-state index contributed by atoms with van der Waals surface area (Å²) in [6.45, 7) is 2.69. The molecule has 1 unspecified atom stereocenters. The predicted molar refractivity (Wildman–Crippen MR) is 79.0 cm³/mol. The highest BCUT2D eigenvalue weighted by Crippen LogP contribution is 2.17. The van der Waals surface area contributed by atoms with Crippen LogP contribution in [-0.2, 0) is 9.84 Å². The molecular formula is C12H18ClNO2S2. The predicted octanol–water partition coefficient (Wildman–Crippen LogP) is 2.44. The molecule has 0 aliphatic carbocycles. The summed E-state index contributed by atoms with van der Waals surface area (Å²) in [6, 6.07) is 6.28. The molecule has 0 spiro atoms. The lowest BCUT2D eigenvalue weighted by Gasteiger charge is -2.08. The first-order valence-corrected chi connectivity index (χ1v) is 8.90. The van der Waals surface area contributed by atoms with Gasteiger partial charge in [0.2, 0.25) is 0 Å². The zero-order chi connectivity index (χ0) is 13.6. The van der Waals surface area contributed by atoms with Gasteiger partial charge in [-0.2, -0.15) is 11.8 Å². The number of nitrogens with two attached hydrogens (primary N) is 1. The topological polar surface area (TPSA) is 60.2 Å². The van der Waals surface area contributed by atoms with Crippen LogP contribution in [0.15, 0.2) is 29.2 Å². The van der Waals surface area contributed by atoms with E-state index in [4.69, 9.17) is 17.3 Å². The van der Waals surface area contributed by atoms with Crippen molar-refractivity contribution in [3.63, 3.8) is 0 Å². The van der Waals surface area contributed by atoms with Crippen LogP contribution in [0.1, 0.15) is 6.92 Å². The summed E-state index contributed by atoms with van der Waals surface area (Å²) in [5.41, 5.74) is 5.50. The normalized spacial score (nSPS) is 13.5. The smallest absolute Gasteiger partial charge is 0.179 e. The number of thioether (sulfide) groups is 1. The van der Waals surface area contributed by atoms with E-state index in [0.717, 1.165) is 5.75 Å². The first-order chi connectivity index (χ1) is 8.45. The maximum absolute atomic E-state index is 12.0. The minimum absolute atomic E-state index is 0.149. The average molecular weight is 308 g/mol. The molecule has 1 aromatic rings. The zero-order valence-electron chi connectivity index (χ0n) is 10.3. The highest BCUT2D eigenvalue weighted by atomic mass is 35.5. The van der Waals surface area contributed by atoms with Gasteiger partial charge in [0.1, 0.15) is 0 Å². The first-order valence-electron chi connectivity index (χ1n) is 5.72. The van der Waals surface area contributed by atoms with Gasteiger partial charge >= 0.3 is 0 Å². The SMILES string of the molecule is CC(CN)CSCCS(=O)(=O)c1ccc(Cl)cc1. The molecule has 0 radical (unpaired) electrons. The maximum Gasteiger partial charge on any atom is 0.179 e. The second-order valence-corrected chi connectivity index (χ2v) is 7.88.